The third-order valence-corrected chi connectivity index (χ3v) is 5.60. The van der Waals surface area contributed by atoms with Crippen molar-refractivity contribution in [3.63, 3.8) is 0 Å². The number of amides is 1. The Hall–Kier alpha value is -2.17. The summed E-state index contributed by atoms with van der Waals surface area (Å²) in [5.41, 5.74) is 2.24. The smallest absolute Gasteiger partial charge is 0.226 e. The highest BCUT2D eigenvalue weighted by Gasteiger charge is 2.46. The minimum Gasteiger partial charge on any atom is -0.342 e. The number of rotatable bonds is 4. The van der Waals surface area contributed by atoms with E-state index in [2.05, 4.69) is 5.10 Å². The van der Waals surface area contributed by atoms with Gasteiger partial charge in [-0.25, -0.2) is 4.39 Å². The third-order valence-electron chi connectivity index (χ3n) is 5.60. The van der Waals surface area contributed by atoms with E-state index in [4.69, 9.17) is 0 Å². The minimum absolute atomic E-state index is 0.143. The Bertz CT molecular complexity index is 764. The largest absolute Gasteiger partial charge is 0.342 e. The molecule has 4 rings (SSSR count). The van der Waals surface area contributed by atoms with Crippen LogP contribution in [0.1, 0.15) is 36.3 Å². The molecule has 0 spiro atoms. The summed E-state index contributed by atoms with van der Waals surface area (Å²) in [6.45, 7) is 1.66. The molecule has 1 aromatic heterocycles. The number of likely N-dealkylation sites (tertiary alicyclic amines) is 1. The van der Waals surface area contributed by atoms with E-state index >= 15 is 0 Å². The summed E-state index contributed by atoms with van der Waals surface area (Å²) in [6, 6.07) is 6.87. The molecule has 1 aromatic carbocycles. The zero-order chi connectivity index (χ0) is 17.4. The standard InChI is InChI=1S/C20H24FN3O/c1-23-13-16(12-22-23)18-11-19(18)20(25)24-7-5-14(6-8-24)9-15-3-2-4-17(21)10-15/h2-4,10,12-14,18-19H,5-9,11H2,1H3/t18-,19+/m0/s1. The number of halogens is 1. The number of hydrogen-bond acceptors (Lipinski definition) is 2. The Morgan fingerprint density at radius 2 is 2.12 bits per heavy atom. The first-order valence-corrected chi connectivity index (χ1v) is 9.12. The molecule has 0 radical (unpaired) electrons. The Labute approximate surface area is 147 Å². The number of aryl methyl sites for hydroxylation is 1. The summed E-state index contributed by atoms with van der Waals surface area (Å²) in [5, 5.41) is 4.21. The molecule has 1 aliphatic heterocycles. The van der Waals surface area contributed by atoms with Crippen LogP contribution >= 0.6 is 0 Å². The van der Waals surface area contributed by atoms with Crippen molar-refractivity contribution in [3.05, 3.63) is 53.6 Å². The van der Waals surface area contributed by atoms with Crippen molar-refractivity contribution in [3.8, 4) is 0 Å². The number of carbonyl (C=O) groups is 1. The summed E-state index contributed by atoms with van der Waals surface area (Å²) < 4.78 is 15.1. The number of aromatic nitrogens is 2. The van der Waals surface area contributed by atoms with Gasteiger partial charge in [-0.2, -0.15) is 5.10 Å². The molecule has 2 aliphatic rings. The van der Waals surface area contributed by atoms with Crippen molar-refractivity contribution in [2.45, 2.75) is 31.6 Å². The van der Waals surface area contributed by atoms with Gasteiger partial charge in [0, 0.05) is 32.3 Å². The number of benzene rings is 1. The van der Waals surface area contributed by atoms with Gasteiger partial charge in [0.1, 0.15) is 5.82 Å². The Morgan fingerprint density at radius 3 is 2.80 bits per heavy atom. The highest BCUT2D eigenvalue weighted by atomic mass is 19.1. The topological polar surface area (TPSA) is 38.1 Å². The van der Waals surface area contributed by atoms with Crippen LogP contribution in [0.15, 0.2) is 36.7 Å². The average Bonchev–Trinajstić information content (AvgIpc) is 3.29. The fourth-order valence-corrected chi connectivity index (χ4v) is 4.06. The van der Waals surface area contributed by atoms with E-state index in [0.29, 0.717) is 17.7 Å². The van der Waals surface area contributed by atoms with E-state index in [1.54, 1.807) is 16.8 Å². The van der Waals surface area contributed by atoms with Crippen molar-refractivity contribution in [1.29, 1.82) is 0 Å². The van der Waals surface area contributed by atoms with Gasteiger partial charge in [-0.05, 0) is 60.8 Å². The average molecular weight is 341 g/mol. The molecule has 1 saturated heterocycles. The molecule has 4 nitrogen and oxygen atoms in total. The van der Waals surface area contributed by atoms with Gasteiger partial charge < -0.3 is 4.90 Å². The number of piperidine rings is 1. The molecule has 0 N–H and O–H groups in total. The van der Waals surface area contributed by atoms with Gasteiger partial charge in [-0.3, -0.25) is 9.48 Å². The van der Waals surface area contributed by atoms with Gasteiger partial charge in [0.25, 0.3) is 0 Å². The monoisotopic (exact) mass is 341 g/mol. The lowest BCUT2D eigenvalue weighted by molar-refractivity contribution is -0.134. The molecule has 132 valence electrons. The molecule has 1 aliphatic carbocycles. The zero-order valence-electron chi connectivity index (χ0n) is 14.6. The van der Waals surface area contributed by atoms with Crippen molar-refractivity contribution in [2.75, 3.05) is 13.1 Å². The fourth-order valence-electron chi connectivity index (χ4n) is 4.06. The SMILES string of the molecule is Cn1cc([C@@H]2C[C@H]2C(=O)N2CCC(Cc3cccc(F)c3)CC2)cn1. The van der Waals surface area contributed by atoms with Crippen LogP contribution < -0.4 is 0 Å². The van der Waals surface area contributed by atoms with Crippen molar-refractivity contribution >= 4 is 5.91 Å². The van der Waals surface area contributed by atoms with Crippen LogP contribution in [0.2, 0.25) is 0 Å². The molecule has 2 fully saturated rings. The first-order chi connectivity index (χ1) is 12.1. The van der Waals surface area contributed by atoms with E-state index < -0.39 is 0 Å². The van der Waals surface area contributed by atoms with E-state index in [1.807, 2.05) is 30.4 Å². The lowest BCUT2D eigenvalue weighted by atomic mass is 9.90. The van der Waals surface area contributed by atoms with Gasteiger partial charge in [-0.1, -0.05) is 12.1 Å². The van der Waals surface area contributed by atoms with Crippen LogP contribution in [0, 0.1) is 17.7 Å². The highest BCUT2D eigenvalue weighted by Crippen LogP contribution is 2.48. The van der Waals surface area contributed by atoms with Crippen molar-refractivity contribution in [1.82, 2.24) is 14.7 Å². The van der Waals surface area contributed by atoms with Crippen LogP contribution in [0.25, 0.3) is 0 Å². The summed E-state index contributed by atoms with van der Waals surface area (Å²) in [4.78, 5) is 14.7. The number of carbonyl (C=O) groups excluding carboxylic acids is 1. The van der Waals surface area contributed by atoms with Gasteiger partial charge >= 0.3 is 0 Å². The highest BCUT2D eigenvalue weighted by molar-refractivity contribution is 5.83. The summed E-state index contributed by atoms with van der Waals surface area (Å²) in [5.74, 6) is 1.17. The molecule has 1 amide bonds. The molecular formula is C20H24FN3O. The molecule has 2 aromatic rings. The van der Waals surface area contributed by atoms with Gasteiger partial charge in [0.05, 0.1) is 6.20 Å². The molecule has 0 unspecified atom stereocenters. The zero-order valence-corrected chi connectivity index (χ0v) is 14.6. The normalized spacial score (nSPS) is 23.7. The van der Waals surface area contributed by atoms with Crippen LogP contribution in [0.4, 0.5) is 4.39 Å². The van der Waals surface area contributed by atoms with Gasteiger partial charge in [0.15, 0.2) is 0 Å². The summed E-state index contributed by atoms with van der Waals surface area (Å²) >= 11 is 0. The quantitative estimate of drug-likeness (QED) is 0.857. The molecule has 2 heterocycles. The Kier molecular flexibility index (Phi) is 4.32. The maximum Gasteiger partial charge on any atom is 0.226 e. The predicted octanol–water partition coefficient (Wildman–Crippen LogP) is 3.14. The first-order valence-electron chi connectivity index (χ1n) is 9.12. The third kappa shape index (κ3) is 3.60. The van der Waals surface area contributed by atoms with Crippen LogP contribution in [0.3, 0.4) is 0 Å². The van der Waals surface area contributed by atoms with E-state index in [-0.39, 0.29) is 11.7 Å². The van der Waals surface area contributed by atoms with Crippen molar-refractivity contribution in [2.24, 2.45) is 18.9 Å². The van der Waals surface area contributed by atoms with Gasteiger partial charge in [-0.15, -0.1) is 0 Å². The number of nitrogens with zero attached hydrogens (tertiary/aromatic N) is 3. The Balaban J connectivity index is 1.28. The lowest BCUT2D eigenvalue weighted by Gasteiger charge is -2.32. The predicted molar refractivity (Wildman–Crippen MR) is 93.5 cm³/mol. The Morgan fingerprint density at radius 1 is 1.32 bits per heavy atom. The van der Waals surface area contributed by atoms with E-state index in [0.717, 1.165) is 44.3 Å². The van der Waals surface area contributed by atoms with Crippen molar-refractivity contribution < 1.29 is 9.18 Å². The van der Waals surface area contributed by atoms with E-state index in [9.17, 15) is 9.18 Å². The van der Waals surface area contributed by atoms with Crippen LogP contribution in [-0.2, 0) is 18.3 Å². The van der Waals surface area contributed by atoms with Gasteiger partial charge in [0.2, 0.25) is 5.91 Å². The second-order valence-electron chi connectivity index (χ2n) is 7.50. The second-order valence-corrected chi connectivity index (χ2v) is 7.50. The second kappa shape index (κ2) is 6.62. The molecular weight excluding hydrogens is 317 g/mol. The molecule has 0 bridgehead atoms. The fraction of sp³-hybridized carbons (Fsp3) is 0.500. The molecule has 25 heavy (non-hydrogen) atoms. The molecule has 1 saturated carbocycles. The molecule has 2 atom stereocenters. The number of hydrogen-bond donors (Lipinski definition) is 0. The lowest BCUT2D eigenvalue weighted by Crippen LogP contribution is -2.40. The maximum absolute atomic E-state index is 13.3. The minimum atomic E-state index is -0.166. The van der Waals surface area contributed by atoms with Crippen LogP contribution in [-0.4, -0.2) is 33.7 Å². The van der Waals surface area contributed by atoms with E-state index in [1.165, 1.54) is 11.6 Å². The molecule has 5 heteroatoms. The summed E-state index contributed by atoms with van der Waals surface area (Å²) in [6.07, 6.45) is 7.76. The van der Waals surface area contributed by atoms with Crippen LogP contribution in [0.5, 0.6) is 0 Å². The first kappa shape index (κ1) is 16.3. The maximum atomic E-state index is 13.3. The summed E-state index contributed by atoms with van der Waals surface area (Å²) in [7, 11) is 1.91.